The summed E-state index contributed by atoms with van der Waals surface area (Å²) in [7, 11) is 0. The van der Waals surface area contributed by atoms with Gasteiger partial charge in [0.05, 0.1) is 0 Å². The highest BCUT2D eigenvalue weighted by atomic mass is 79.9. The SMILES string of the molecule is CC(Oc1cccc(Br)c1)C(=O)N(CC(=O)O)C1CCOCC1. The Morgan fingerprint density at radius 3 is 2.74 bits per heavy atom. The third kappa shape index (κ3) is 5.21. The van der Waals surface area contributed by atoms with Gasteiger partial charge in [0.25, 0.3) is 5.91 Å². The lowest BCUT2D eigenvalue weighted by atomic mass is 10.1. The fourth-order valence-electron chi connectivity index (χ4n) is 2.56. The van der Waals surface area contributed by atoms with Gasteiger partial charge in [0.1, 0.15) is 12.3 Å². The van der Waals surface area contributed by atoms with Crippen LogP contribution in [0.25, 0.3) is 0 Å². The van der Waals surface area contributed by atoms with Crippen molar-refractivity contribution in [1.82, 2.24) is 4.90 Å². The molecule has 1 heterocycles. The number of hydrogen-bond acceptors (Lipinski definition) is 4. The van der Waals surface area contributed by atoms with Crippen LogP contribution in [0, 0.1) is 0 Å². The molecular weight excluding hydrogens is 366 g/mol. The van der Waals surface area contributed by atoms with Crippen molar-refractivity contribution in [2.75, 3.05) is 19.8 Å². The molecule has 1 aromatic rings. The zero-order chi connectivity index (χ0) is 16.8. The first kappa shape index (κ1) is 17.7. The number of nitrogens with zero attached hydrogens (tertiary/aromatic N) is 1. The number of benzene rings is 1. The van der Waals surface area contributed by atoms with Crippen molar-refractivity contribution in [2.45, 2.75) is 31.9 Å². The minimum atomic E-state index is -1.03. The third-order valence-corrected chi connectivity index (χ3v) is 4.17. The highest BCUT2D eigenvalue weighted by molar-refractivity contribution is 9.10. The van der Waals surface area contributed by atoms with E-state index in [0.29, 0.717) is 31.8 Å². The van der Waals surface area contributed by atoms with Crippen LogP contribution in [-0.2, 0) is 14.3 Å². The highest BCUT2D eigenvalue weighted by Crippen LogP contribution is 2.21. The van der Waals surface area contributed by atoms with Gasteiger partial charge in [-0.25, -0.2) is 0 Å². The molecular formula is C16H20BrNO5. The van der Waals surface area contributed by atoms with E-state index in [2.05, 4.69) is 15.9 Å². The van der Waals surface area contributed by atoms with Crippen LogP contribution in [0.5, 0.6) is 5.75 Å². The van der Waals surface area contributed by atoms with Gasteiger partial charge in [-0.1, -0.05) is 22.0 Å². The number of halogens is 1. The first-order valence-electron chi connectivity index (χ1n) is 7.49. The maximum absolute atomic E-state index is 12.7. The molecule has 1 aliphatic heterocycles. The molecule has 0 aliphatic carbocycles. The van der Waals surface area contributed by atoms with Gasteiger partial charge in [-0.3, -0.25) is 9.59 Å². The topological polar surface area (TPSA) is 76.1 Å². The zero-order valence-corrected chi connectivity index (χ0v) is 14.5. The predicted molar refractivity (Wildman–Crippen MR) is 87.4 cm³/mol. The molecule has 7 heteroatoms. The van der Waals surface area contributed by atoms with E-state index in [4.69, 9.17) is 14.6 Å². The molecule has 1 saturated heterocycles. The molecule has 1 N–H and O–H groups in total. The predicted octanol–water partition coefficient (Wildman–Crippen LogP) is 2.31. The summed E-state index contributed by atoms with van der Waals surface area (Å²) in [6, 6.07) is 7.06. The van der Waals surface area contributed by atoms with Crippen LogP contribution < -0.4 is 4.74 Å². The standard InChI is InChI=1S/C16H20BrNO5/c1-11(23-14-4-2-3-12(17)9-14)16(21)18(10-15(19)20)13-5-7-22-8-6-13/h2-4,9,11,13H,5-8,10H2,1H3,(H,19,20). The van der Waals surface area contributed by atoms with E-state index in [0.717, 1.165) is 4.47 Å². The van der Waals surface area contributed by atoms with Crippen LogP contribution >= 0.6 is 15.9 Å². The van der Waals surface area contributed by atoms with Gasteiger partial charge in [-0.15, -0.1) is 0 Å². The summed E-state index contributed by atoms with van der Waals surface area (Å²) in [5.74, 6) is -0.791. The molecule has 0 radical (unpaired) electrons. The molecule has 1 amide bonds. The van der Waals surface area contributed by atoms with Crippen molar-refractivity contribution in [3.63, 3.8) is 0 Å². The molecule has 126 valence electrons. The van der Waals surface area contributed by atoms with Crippen molar-refractivity contribution in [3.05, 3.63) is 28.7 Å². The van der Waals surface area contributed by atoms with Crippen LogP contribution in [-0.4, -0.2) is 53.8 Å². The van der Waals surface area contributed by atoms with Crippen molar-refractivity contribution in [2.24, 2.45) is 0 Å². The molecule has 1 fully saturated rings. The number of carbonyl (C=O) groups is 2. The first-order chi connectivity index (χ1) is 11.0. The summed E-state index contributed by atoms with van der Waals surface area (Å²) in [6.45, 7) is 2.39. The van der Waals surface area contributed by atoms with Gasteiger partial charge < -0.3 is 19.5 Å². The van der Waals surface area contributed by atoms with Gasteiger partial charge in [0, 0.05) is 23.7 Å². The minimum Gasteiger partial charge on any atom is -0.481 e. The highest BCUT2D eigenvalue weighted by Gasteiger charge is 2.31. The number of hydrogen-bond donors (Lipinski definition) is 1. The Hall–Kier alpha value is -1.60. The molecule has 0 aromatic heterocycles. The Bertz CT molecular complexity index is 559. The van der Waals surface area contributed by atoms with E-state index < -0.39 is 12.1 Å². The average Bonchev–Trinajstić information content (AvgIpc) is 2.52. The van der Waals surface area contributed by atoms with Gasteiger partial charge in [-0.05, 0) is 38.0 Å². The molecule has 1 aromatic carbocycles. The number of carbonyl (C=O) groups excluding carboxylic acids is 1. The van der Waals surface area contributed by atoms with E-state index in [1.54, 1.807) is 19.1 Å². The van der Waals surface area contributed by atoms with Crippen LogP contribution in [0.15, 0.2) is 28.7 Å². The first-order valence-corrected chi connectivity index (χ1v) is 8.29. The van der Waals surface area contributed by atoms with Gasteiger partial charge in [0.2, 0.25) is 0 Å². The number of carboxylic acids is 1. The fraction of sp³-hybridized carbons (Fsp3) is 0.500. The molecule has 0 spiro atoms. The Morgan fingerprint density at radius 2 is 2.13 bits per heavy atom. The van der Waals surface area contributed by atoms with Crippen LogP contribution in [0.4, 0.5) is 0 Å². The molecule has 23 heavy (non-hydrogen) atoms. The monoisotopic (exact) mass is 385 g/mol. The molecule has 0 bridgehead atoms. The van der Waals surface area contributed by atoms with E-state index >= 15 is 0 Å². The van der Waals surface area contributed by atoms with Crippen molar-refractivity contribution < 1.29 is 24.2 Å². The average molecular weight is 386 g/mol. The summed E-state index contributed by atoms with van der Waals surface area (Å²) in [5.41, 5.74) is 0. The molecule has 1 aliphatic rings. The largest absolute Gasteiger partial charge is 0.481 e. The summed E-state index contributed by atoms with van der Waals surface area (Å²) in [6.07, 6.45) is 0.525. The minimum absolute atomic E-state index is 0.124. The lowest BCUT2D eigenvalue weighted by Gasteiger charge is -2.34. The molecule has 6 nitrogen and oxygen atoms in total. The Morgan fingerprint density at radius 1 is 1.43 bits per heavy atom. The third-order valence-electron chi connectivity index (χ3n) is 3.68. The van der Waals surface area contributed by atoms with E-state index in [1.165, 1.54) is 4.90 Å². The number of carboxylic acid groups (broad SMARTS) is 1. The smallest absolute Gasteiger partial charge is 0.323 e. The normalized spacial score (nSPS) is 16.6. The second-order valence-electron chi connectivity index (χ2n) is 5.42. The Labute approximate surface area is 143 Å². The summed E-state index contributed by atoms with van der Waals surface area (Å²) in [4.78, 5) is 25.2. The fourth-order valence-corrected chi connectivity index (χ4v) is 2.94. The van der Waals surface area contributed by atoms with Crippen molar-refractivity contribution in [3.8, 4) is 5.75 Å². The van der Waals surface area contributed by atoms with Crippen LogP contribution in [0.3, 0.4) is 0 Å². The van der Waals surface area contributed by atoms with Crippen LogP contribution in [0.2, 0.25) is 0 Å². The number of rotatable bonds is 6. The number of ether oxygens (including phenoxy) is 2. The second-order valence-corrected chi connectivity index (χ2v) is 6.34. The molecule has 2 rings (SSSR count). The number of amides is 1. The van der Waals surface area contributed by atoms with E-state index in [1.807, 2.05) is 12.1 Å². The lowest BCUT2D eigenvalue weighted by molar-refractivity contribution is -0.151. The maximum atomic E-state index is 12.7. The van der Waals surface area contributed by atoms with E-state index in [-0.39, 0.29) is 18.5 Å². The molecule has 1 atom stereocenters. The van der Waals surface area contributed by atoms with Gasteiger partial charge in [-0.2, -0.15) is 0 Å². The quantitative estimate of drug-likeness (QED) is 0.812. The zero-order valence-electron chi connectivity index (χ0n) is 12.9. The molecule has 1 unspecified atom stereocenters. The Balaban J connectivity index is 2.07. The van der Waals surface area contributed by atoms with Crippen molar-refractivity contribution >= 4 is 27.8 Å². The van der Waals surface area contributed by atoms with Gasteiger partial charge >= 0.3 is 5.97 Å². The van der Waals surface area contributed by atoms with Crippen LogP contribution in [0.1, 0.15) is 19.8 Å². The maximum Gasteiger partial charge on any atom is 0.323 e. The molecule has 0 saturated carbocycles. The summed E-state index contributed by atoms with van der Waals surface area (Å²) >= 11 is 3.35. The number of aliphatic carboxylic acids is 1. The Kier molecular flexibility index (Phi) is 6.41. The van der Waals surface area contributed by atoms with E-state index in [9.17, 15) is 9.59 Å². The lowest BCUT2D eigenvalue weighted by Crippen LogP contribution is -2.50. The van der Waals surface area contributed by atoms with Gasteiger partial charge in [0.15, 0.2) is 6.10 Å². The summed E-state index contributed by atoms with van der Waals surface area (Å²) < 4.78 is 11.8. The second kappa shape index (κ2) is 8.31. The van der Waals surface area contributed by atoms with Crippen molar-refractivity contribution in [1.29, 1.82) is 0 Å². The summed E-state index contributed by atoms with van der Waals surface area (Å²) in [5, 5.41) is 9.10.